The van der Waals surface area contributed by atoms with E-state index in [9.17, 15) is 8.78 Å². The second-order valence-electron chi connectivity index (χ2n) is 5.96. The van der Waals surface area contributed by atoms with E-state index in [-0.39, 0.29) is 5.41 Å². The zero-order valence-corrected chi connectivity index (χ0v) is 10.5. The van der Waals surface area contributed by atoms with Gasteiger partial charge in [-0.3, -0.25) is 0 Å². The Kier molecular flexibility index (Phi) is 3.10. The number of nitrogens with one attached hydrogen (secondary N) is 1. The lowest BCUT2D eigenvalue weighted by Gasteiger charge is -2.42. The van der Waals surface area contributed by atoms with Crippen LogP contribution in [0, 0.1) is 17.0 Å². The van der Waals surface area contributed by atoms with E-state index in [0.717, 1.165) is 24.6 Å². The minimum absolute atomic E-state index is 0.239. The van der Waals surface area contributed by atoms with E-state index in [1.807, 2.05) is 0 Å². The van der Waals surface area contributed by atoms with Crippen molar-refractivity contribution in [3.63, 3.8) is 0 Å². The molecule has 3 rings (SSSR count). The van der Waals surface area contributed by atoms with Gasteiger partial charge in [-0.2, -0.15) is 0 Å². The van der Waals surface area contributed by atoms with Crippen molar-refractivity contribution in [2.24, 2.45) is 5.41 Å². The van der Waals surface area contributed by atoms with Crippen LogP contribution in [0.25, 0.3) is 0 Å². The van der Waals surface area contributed by atoms with Crippen LogP contribution in [0.5, 0.6) is 0 Å². The van der Waals surface area contributed by atoms with Gasteiger partial charge >= 0.3 is 0 Å². The van der Waals surface area contributed by atoms with Gasteiger partial charge in [0.15, 0.2) is 0 Å². The molecule has 1 N–H and O–H groups in total. The molecule has 0 saturated heterocycles. The average Bonchev–Trinajstić information content (AvgIpc) is 3.04. The Balaban J connectivity index is 1.67. The van der Waals surface area contributed by atoms with Crippen molar-refractivity contribution in [1.82, 2.24) is 5.32 Å². The molecule has 18 heavy (non-hydrogen) atoms. The molecule has 2 fully saturated rings. The van der Waals surface area contributed by atoms with Crippen LogP contribution in [0.4, 0.5) is 8.78 Å². The van der Waals surface area contributed by atoms with Gasteiger partial charge in [-0.15, -0.1) is 0 Å². The molecule has 2 aliphatic carbocycles. The highest BCUT2D eigenvalue weighted by Crippen LogP contribution is 2.43. The molecule has 0 radical (unpaired) electrons. The van der Waals surface area contributed by atoms with Gasteiger partial charge in [-0.1, -0.05) is 6.42 Å². The lowest BCUT2D eigenvalue weighted by atomic mass is 9.65. The lowest BCUT2D eigenvalue weighted by molar-refractivity contribution is 0.129. The summed E-state index contributed by atoms with van der Waals surface area (Å²) >= 11 is 0. The first-order chi connectivity index (χ1) is 8.65. The molecule has 2 aliphatic rings. The van der Waals surface area contributed by atoms with Crippen molar-refractivity contribution >= 4 is 0 Å². The minimum Gasteiger partial charge on any atom is -0.313 e. The molecule has 98 valence electrons. The molecule has 1 aromatic rings. The van der Waals surface area contributed by atoms with Gasteiger partial charge in [-0.25, -0.2) is 8.78 Å². The van der Waals surface area contributed by atoms with E-state index in [4.69, 9.17) is 0 Å². The molecule has 3 heteroatoms. The van der Waals surface area contributed by atoms with E-state index in [1.165, 1.54) is 44.2 Å². The molecule has 0 bridgehead atoms. The summed E-state index contributed by atoms with van der Waals surface area (Å²) in [5.41, 5.74) is 1.04. The second-order valence-corrected chi connectivity index (χ2v) is 5.96. The van der Waals surface area contributed by atoms with E-state index in [0.29, 0.717) is 6.04 Å². The second kappa shape index (κ2) is 4.61. The van der Waals surface area contributed by atoms with Crippen molar-refractivity contribution in [2.45, 2.75) is 44.6 Å². The Morgan fingerprint density at radius 2 is 1.78 bits per heavy atom. The smallest absolute Gasteiger partial charge is 0.126 e. The number of hydrogen-bond acceptors (Lipinski definition) is 1. The van der Waals surface area contributed by atoms with Crippen molar-refractivity contribution in [3.05, 3.63) is 35.4 Å². The predicted molar refractivity (Wildman–Crippen MR) is 67.4 cm³/mol. The molecule has 0 aliphatic heterocycles. The van der Waals surface area contributed by atoms with Crippen LogP contribution < -0.4 is 5.32 Å². The van der Waals surface area contributed by atoms with E-state index in [1.54, 1.807) is 0 Å². The minimum atomic E-state index is -0.463. The molecule has 0 heterocycles. The number of rotatable bonds is 5. The Morgan fingerprint density at radius 3 is 2.28 bits per heavy atom. The molecular formula is C15H19F2N. The highest BCUT2D eigenvalue weighted by atomic mass is 19.1. The standard InChI is InChI=1S/C15H19F2N/c16-12-6-11(7-13(17)8-12)9-15(4-1-5-15)10-18-14-2-3-14/h6-8,14,18H,1-5,9-10H2. The van der Waals surface area contributed by atoms with Crippen molar-refractivity contribution < 1.29 is 8.78 Å². The third-order valence-corrected chi connectivity index (χ3v) is 4.26. The first-order valence-electron chi connectivity index (χ1n) is 6.84. The Bertz CT molecular complexity index is 416. The predicted octanol–water partition coefficient (Wildman–Crippen LogP) is 3.43. The molecule has 0 amide bonds. The summed E-state index contributed by atoms with van der Waals surface area (Å²) in [6.45, 7) is 0.996. The molecule has 0 unspecified atom stereocenters. The maximum absolute atomic E-state index is 13.2. The fourth-order valence-corrected chi connectivity index (χ4v) is 2.89. The van der Waals surface area contributed by atoms with Gasteiger partial charge in [0, 0.05) is 18.7 Å². The van der Waals surface area contributed by atoms with Crippen LogP contribution >= 0.6 is 0 Å². The summed E-state index contributed by atoms with van der Waals surface area (Å²) in [6.07, 6.45) is 6.94. The topological polar surface area (TPSA) is 12.0 Å². The van der Waals surface area contributed by atoms with Crippen LogP contribution in [-0.2, 0) is 6.42 Å². The summed E-state index contributed by atoms with van der Waals surface area (Å²) < 4.78 is 26.4. The summed E-state index contributed by atoms with van der Waals surface area (Å²) in [6, 6.07) is 4.59. The third kappa shape index (κ3) is 2.72. The van der Waals surface area contributed by atoms with Gasteiger partial charge in [-0.05, 0) is 55.2 Å². The Labute approximate surface area is 107 Å². The Hall–Kier alpha value is -0.960. The van der Waals surface area contributed by atoms with E-state index >= 15 is 0 Å². The van der Waals surface area contributed by atoms with Gasteiger partial charge in [0.05, 0.1) is 0 Å². The first kappa shape index (κ1) is 12.1. The molecule has 0 atom stereocenters. The van der Waals surface area contributed by atoms with Crippen LogP contribution in [0.1, 0.15) is 37.7 Å². The van der Waals surface area contributed by atoms with Crippen molar-refractivity contribution in [1.29, 1.82) is 0 Å². The summed E-state index contributed by atoms with van der Waals surface area (Å²) in [5.74, 6) is -0.927. The van der Waals surface area contributed by atoms with Gasteiger partial charge < -0.3 is 5.32 Å². The van der Waals surface area contributed by atoms with Gasteiger partial charge in [0.1, 0.15) is 11.6 Å². The van der Waals surface area contributed by atoms with Crippen LogP contribution in [0.3, 0.4) is 0 Å². The maximum Gasteiger partial charge on any atom is 0.126 e. The molecule has 1 aromatic carbocycles. The van der Waals surface area contributed by atoms with Gasteiger partial charge in [0.2, 0.25) is 0 Å². The van der Waals surface area contributed by atoms with E-state index < -0.39 is 11.6 Å². The average molecular weight is 251 g/mol. The number of hydrogen-bond donors (Lipinski definition) is 1. The highest BCUT2D eigenvalue weighted by molar-refractivity contribution is 5.20. The molecule has 1 nitrogen and oxygen atoms in total. The summed E-state index contributed by atoms with van der Waals surface area (Å²) in [5, 5.41) is 3.56. The van der Waals surface area contributed by atoms with Crippen molar-refractivity contribution in [3.8, 4) is 0 Å². The fraction of sp³-hybridized carbons (Fsp3) is 0.600. The van der Waals surface area contributed by atoms with Crippen LogP contribution in [0.2, 0.25) is 0 Å². The van der Waals surface area contributed by atoms with E-state index in [2.05, 4.69) is 5.32 Å². The number of halogens is 2. The fourth-order valence-electron chi connectivity index (χ4n) is 2.89. The third-order valence-electron chi connectivity index (χ3n) is 4.26. The zero-order chi connectivity index (χ0) is 12.6. The highest BCUT2D eigenvalue weighted by Gasteiger charge is 2.38. The monoisotopic (exact) mass is 251 g/mol. The molecule has 0 spiro atoms. The van der Waals surface area contributed by atoms with Crippen molar-refractivity contribution in [2.75, 3.05) is 6.54 Å². The first-order valence-corrected chi connectivity index (χ1v) is 6.84. The quantitative estimate of drug-likeness (QED) is 0.845. The van der Waals surface area contributed by atoms with Crippen LogP contribution in [-0.4, -0.2) is 12.6 Å². The molecular weight excluding hydrogens is 232 g/mol. The van der Waals surface area contributed by atoms with Gasteiger partial charge in [0.25, 0.3) is 0 Å². The summed E-state index contributed by atoms with van der Waals surface area (Å²) in [7, 11) is 0. The lowest BCUT2D eigenvalue weighted by Crippen LogP contribution is -2.42. The largest absolute Gasteiger partial charge is 0.313 e. The normalized spacial score (nSPS) is 21.7. The summed E-state index contributed by atoms with van der Waals surface area (Å²) in [4.78, 5) is 0. The molecule has 0 aromatic heterocycles. The number of benzene rings is 1. The Morgan fingerprint density at radius 1 is 1.11 bits per heavy atom. The SMILES string of the molecule is Fc1cc(F)cc(CC2(CNC3CC3)CCC2)c1. The maximum atomic E-state index is 13.2. The molecule has 2 saturated carbocycles. The zero-order valence-electron chi connectivity index (χ0n) is 10.5. The van der Waals surface area contributed by atoms with Crippen LogP contribution in [0.15, 0.2) is 18.2 Å².